The van der Waals surface area contributed by atoms with Gasteiger partial charge in [0.2, 0.25) is 0 Å². The van der Waals surface area contributed by atoms with E-state index in [1.165, 1.54) is 27.9 Å². The zero-order chi connectivity index (χ0) is 19.1. The van der Waals surface area contributed by atoms with Gasteiger partial charge < -0.3 is 5.41 Å². The molecule has 0 fully saturated rings. The van der Waals surface area contributed by atoms with Crippen LogP contribution in [0.4, 0.5) is 13.2 Å². The molecule has 6 nitrogen and oxygen atoms in total. The topological polar surface area (TPSA) is 76.0 Å². The summed E-state index contributed by atoms with van der Waals surface area (Å²) in [6.07, 6.45) is -0.411. The second kappa shape index (κ2) is 6.69. The summed E-state index contributed by atoms with van der Waals surface area (Å²) in [5.74, 6) is 0. The summed E-state index contributed by atoms with van der Waals surface area (Å²) in [5, 5.41) is 10.3. The Bertz CT molecular complexity index is 1080. The quantitative estimate of drug-likeness (QED) is 0.678. The molecule has 0 saturated carbocycles. The van der Waals surface area contributed by atoms with Crippen molar-refractivity contribution in [2.75, 3.05) is 0 Å². The molecular weight excluding hydrogens is 391 g/mol. The number of fused-ring (bicyclic) bond motifs is 1. The van der Waals surface area contributed by atoms with E-state index in [9.17, 15) is 18.0 Å². The van der Waals surface area contributed by atoms with Crippen LogP contribution in [0.25, 0.3) is 11.0 Å². The third-order valence-electron chi connectivity index (χ3n) is 3.47. The molecule has 0 aromatic carbocycles. The van der Waals surface area contributed by atoms with Crippen LogP contribution in [0.5, 0.6) is 0 Å². The predicted molar refractivity (Wildman–Crippen MR) is 93.2 cm³/mol. The van der Waals surface area contributed by atoms with Crippen molar-refractivity contribution in [2.24, 2.45) is 0 Å². The Balaban J connectivity index is 2.03. The first-order chi connectivity index (χ1) is 12.2. The molecule has 26 heavy (non-hydrogen) atoms. The van der Waals surface area contributed by atoms with Crippen LogP contribution < -0.4 is 5.56 Å². The highest BCUT2D eigenvalue weighted by Crippen LogP contribution is 2.30. The molecule has 3 aromatic rings. The molecule has 0 aliphatic heterocycles. The molecule has 136 valence electrons. The van der Waals surface area contributed by atoms with E-state index in [0.717, 1.165) is 21.8 Å². The lowest BCUT2D eigenvalue weighted by Gasteiger charge is -2.04. The summed E-state index contributed by atoms with van der Waals surface area (Å²) < 4.78 is 40.5. The summed E-state index contributed by atoms with van der Waals surface area (Å²) >= 11 is 7.07. The van der Waals surface area contributed by atoms with Gasteiger partial charge in [-0.15, -0.1) is 11.3 Å². The first kappa shape index (κ1) is 18.3. The molecule has 0 amide bonds. The minimum Gasteiger partial charge on any atom is -0.309 e. The lowest BCUT2D eigenvalue weighted by molar-refractivity contribution is -0.141. The van der Waals surface area contributed by atoms with Crippen LogP contribution in [0.1, 0.15) is 22.0 Å². The molecule has 3 rings (SSSR count). The highest BCUT2D eigenvalue weighted by atomic mass is 35.5. The minimum absolute atomic E-state index is 0.163. The highest BCUT2D eigenvalue weighted by Gasteiger charge is 2.34. The van der Waals surface area contributed by atoms with Crippen molar-refractivity contribution >= 4 is 40.2 Å². The van der Waals surface area contributed by atoms with Gasteiger partial charge in [-0.2, -0.15) is 18.3 Å². The standard InChI is InChI=1S/C15H11ClF3N5OS/c1-8-10(3-2-4-20)24-13(25)5-9(21-14(24)26-8)7-23-12(16)6-11(22-23)15(17,18)19/h2-6,20H,7H2,1H3/b3-2-,20-4?. The Morgan fingerprint density at radius 2 is 2.12 bits per heavy atom. The van der Waals surface area contributed by atoms with Gasteiger partial charge in [0, 0.05) is 23.2 Å². The average molecular weight is 402 g/mol. The molecule has 1 N–H and O–H groups in total. The summed E-state index contributed by atoms with van der Waals surface area (Å²) in [6.45, 7) is 1.64. The third-order valence-corrected chi connectivity index (χ3v) is 4.75. The predicted octanol–water partition coefficient (Wildman–Crippen LogP) is 3.64. The number of halogens is 4. The monoisotopic (exact) mass is 401 g/mol. The van der Waals surface area contributed by atoms with Crippen molar-refractivity contribution in [1.29, 1.82) is 5.41 Å². The van der Waals surface area contributed by atoms with E-state index in [-0.39, 0.29) is 23.0 Å². The van der Waals surface area contributed by atoms with Gasteiger partial charge in [0.15, 0.2) is 10.7 Å². The second-order valence-electron chi connectivity index (χ2n) is 5.28. The van der Waals surface area contributed by atoms with E-state index in [1.807, 2.05) is 6.92 Å². The maximum Gasteiger partial charge on any atom is 0.435 e. The Morgan fingerprint density at radius 3 is 2.73 bits per heavy atom. The fourth-order valence-corrected chi connectivity index (χ4v) is 3.53. The van der Waals surface area contributed by atoms with Crippen molar-refractivity contribution in [2.45, 2.75) is 19.6 Å². The lowest BCUT2D eigenvalue weighted by atomic mass is 10.3. The fraction of sp³-hybridized carbons (Fsp3) is 0.200. The van der Waals surface area contributed by atoms with Crippen molar-refractivity contribution in [3.05, 3.63) is 55.7 Å². The Hall–Kier alpha value is -2.46. The van der Waals surface area contributed by atoms with Crippen LogP contribution in [0.15, 0.2) is 23.0 Å². The zero-order valence-electron chi connectivity index (χ0n) is 13.2. The number of aryl methyl sites for hydroxylation is 1. The molecule has 0 spiro atoms. The number of hydrogen-bond acceptors (Lipinski definition) is 5. The summed E-state index contributed by atoms with van der Waals surface area (Å²) in [4.78, 5) is 18.0. The van der Waals surface area contributed by atoms with Crippen LogP contribution in [0.2, 0.25) is 5.15 Å². The molecule has 0 aliphatic rings. The highest BCUT2D eigenvalue weighted by molar-refractivity contribution is 7.17. The van der Waals surface area contributed by atoms with Crippen LogP contribution in [0.3, 0.4) is 0 Å². The average Bonchev–Trinajstić information content (AvgIpc) is 3.05. The Labute approximate surface area is 153 Å². The maximum absolute atomic E-state index is 12.7. The number of nitrogens with one attached hydrogen (secondary N) is 1. The van der Waals surface area contributed by atoms with Crippen LogP contribution >= 0.6 is 22.9 Å². The van der Waals surface area contributed by atoms with E-state index in [4.69, 9.17) is 17.0 Å². The number of thiazole rings is 1. The van der Waals surface area contributed by atoms with Gasteiger partial charge in [0.05, 0.1) is 17.9 Å². The van der Waals surface area contributed by atoms with Gasteiger partial charge >= 0.3 is 6.18 Å². The molecule has 0 saturated heterocycles. The van der Waals surface area contributed by atoms with Gasteiger partial charge in [-0.25, -0.2) is 9.67 Å². The minimum atomic E-state index is -4.60. The molecule has 0 unspecified atom stereocenters. The molecule has 3 heterocycles. The first-order valence-electron chi connectivity index (χ1n) is 7.20. The van der Waals surface area contributed by atoms with E-state index in [1.54, 1.807) is 6.08 Å². The number of nitrogens with zero attached hydrogens (tertiary/aromatic N) is 4. The molecule has 0 aliphatic carbocycles. The Kier molecular flexibility index (Phi) is 4.72. The van der Waals surface area contributed by atoms with E-state index >= 15 is 0 Å². The fourth-order valence-electron chi connectivity index (χ4n) is 2.35. The molecule has 11 heteroatoms. The normalized spacial score (nSPS) is 12.3. The second-order valence-corrected chi connectivity index (χ2v) is 6.85. The van der Waals surface area contributed by atoms with Crippen LogP contribution in [-0.2, 0) is 12.7 Å². The largest absolute Gasteiger partial charge is 0.435 e. The Morgan fingerprint density at radius 1 is 1.38 bits per heavy atom. The van der Waals surface area contributed by atoms with Crippen molar-refractivity contribution in [3.63, 3.8) is 0 Å². The summed E-state index contributed by atoms with van der Waals surface area (Å²) in [5.41, 5.74) is -0.628. The SMILES string of the molecule is Cc1sc2nc(Cn3nc(C(F)(F)F)cc3Cl)cc(=O)n2c1/C=C\C=N. The number of rotatable bonds is 4. The lowest BCUT2D eigenvalue weighted by Crippen LogP contribution is -2.17. The first-order valence-corrected chi connectivity index (χ1v) is 8.40. The van der Waals surface area contributed by atoms with E-state index in [0.29, 0.717) is 10.7 Å². The van der Waals surface area contributed by atoms with Gasteiger partial charge in [-0.3, -0.25) is 9.20 Å². The van der Waals surface area contributed by atoms with Gasteiger partial charge in [-0.05, 0) is 19.1 Å². The zero-order valence-corrected chi connectivity index (χ0v) is 14.8. The number of hydrogen-bond donors (Lipinski definition) is 1. The van der Waals surface area contributed by atoms with Crippen LogP contribution in [-0.4, -0.2) is 25.4 Å². The molecule has 0 radical (unpaired) electrons. The van der Waals surface area contributed by atoms with E-state index < -0.39 is 11.9 Å². The van der Waals surface area contributed by atoms with Crippen molar-refractivity contribution in [1.82, 2.24) is 19.2 Å². The van der Waals surface area contributed by atoms with E-state index in [2.05, 4.69) is 10.1 Å². The van der Waals surface area contributed by atoms with Crippen molar-refractivity contribution < 1.29 is 13.2 Å². The molecule has 0 bridgehead atoms. The summed E-state index contributed by atoms with van der Waals surface area (Å²) in [6, 6.07) is 1.95. The molecular formula is C15H11ClF3N5OS. The third kappa shape index (κ3) is 3.42. The van der Waals surface area contributed by atoms with Gasteiger partial charge in [0.25, 0.3) is 5.56 Å². The molecule has 0 atom stereocenters. The number of aromatic nitrogens is 4. The van der Waals surface area contributed by atoms with Crippen LogP contribution in [0, 0.1) is 12.3 Å². The molecule has 3 aromatic heterocycles. The smallest absolute Gasteiger partial charge is 0.309 e. The number of allylic oxidation sites excluding steroid dienone is 1. The van der Waals surface area contributed by atoms with Gasteiger partial charge in [-0.1, -0.05) is 11.6 Å². The maximum atomic E-state index is 12.7. The number of alkyl halides is 3. The van der Waals surface area contributed by atoms with Gasteiger partial charge in [0.1, 0.15) is 5.15 Å². The summed E-state index contributed by atoms with van der Waals surface area (Å²) in [7, 11) is 0. The van der Waals surface area contributed by atoms with Crippen molar-refractivity contribution in [3.8, 4) is 0 Å².